The third-order valence-corrected chi connectivity index (χ3v) is 6.14. The van der Waals surface area contributed by atoms with E-state index in [-0.39, 0.29) is 0 Å². The van der Waals surface area contributed by atoms with Gasteiger partial charge in [-0.2, -0.15) is 16.9 Å². The standard InChI is InChI=1S/C18H18ClN3O2S2/c1-22-8-13(7-20-22)18-21-14(11-26-18)10-25-9-12-5-15(19)17-16(6-12)23-3-2-4-24-17/h5-8,11H,2-4,9-10H2,1H3. The average Bonchev–Trinajstić information content (AvgIpc) is 3.18. The van der Waals surface area contributed by atoms with E-state index in [9.17, 15) is 0 Å². The molecule has 26 heavy (non-hydrogen) atoms. The van der Waals surface area contributed by atoms with Gasteiger partial charge in [0.25, 0.3) is 0 Å². The van der Waals surface area contributed by atoms with Crippen LogP contribution in [-0.4, -0.2) is 28.0 Å². The Morgan fingerprint density at radius 1 is 1.27 bits per heavy atom. The molecule has 1 aliphatic heterocycles. The number of nitrogens with zero attached hydrogens (tertiary/aromatic N) is 3. The van der Waals surface area contributed by atoms with E-state index in [0.717, 1.165) is 45.5 Å². The molecule has 1 aliphatic rings. The highest BCUT2D eigenvalue weighted by Gasteiger charge is 2.15. The van der Waals surface area contributed by atoms with Crippen LogP contribution < -0.4 is 9.47 Å². The maximum atomic E-state index is 6.36. The lowest BCUT2D eigenvalue weighted by atomic mass is 10.2. The Hall–Kier alpha value is -1.70. The van der Waals surface area contributed by atoms with E-state index >= 15 is 0 Å². The number of rotatable bonds is 5. The van der Waals surface area contributed by atoms with E-state index in [4.69, 9.17) is 26.1 Å². The van der Waals surface area contributed by atoms with Gasteiger partial charge in [0.1, 0.15) is 5.01 Å². The molecule has 8 heteroatoms. The van der Waals surface area contributed by atoms with Gasteiger partial charge in [0, 0.05) is 42.1 Å². The first kappa shape index (κ1) is 17.7. The van der Waals surface area contributed by atoms with Crippen molar-refractivity contribution in [2.45, 2.75) is 17.9 Å². The fraction of sp³-hybridized carbons (Fsp3) is 0.333. The van der Waals surface area contributed by atoms with Crippen LogP contribution in [-0.2, 0) is 18.6 Å². The van der Waals surface area contributed by atoms with E-state index in [0.29, 0.717) is 24.0 Å². The van der Waals surface area contributed by atoms with Crippen molar-refractivity contribution in [1.29, 1.82) is 0 Å². The fourth-order valence-corrected chi connectivity index (χ4v) is 4.73. The SMILES string of the molecule is Cn1cc(-c2nc(CSCc3cc(Cl)c4c(c3)OCCCO4)cs2)cn1. The summed E-state index contributed by atoms with van der Waals surface area (Å²) in [5, 5.41) is 7.93. The minimum atomic E-state index is 0.618. The van der Waals surface area contributed by atoms with Crippen molar-refractivity contribution in [2.24, 2.45) is 7.05 Å². The van der Waals surface area contributed by atoms with E-state index in [1.165, 1.54) is 0 Å². The summed E-state index contributed by atoms with van der Waals surface area (Å²) in [6.45, 7) is 1.31. The molecule has 5 nitrogen and oxygen atoms in total. The summed E-state index contributed by atoms with van der Waals surface area (Å²) in [6, 6.07) is 3.99. The second kappa shape index (κ2) is 7.90. The van der Waals surface area contributed by atoms with Crippen molar-refractivity contribution in [1.82, 2.24) is 14.8 Å². The zero-order valence-electron chi connectivity index (χ0n) is 14.3. The fourth-order valence-electron chi connectivity index (χ4n) is 2.68. The smallest absolute Gasteiger partial charge is 0.179 e. The van der Waals surface area contributed by atoms with Gasteiger partial charge in [-0.15, -0.1) is 11.3 Å². The van der Waals surface area contributed by atoms with E-state index in [1.807, 2.05) is 31.6 Å². The van der Waals surface area contributed by atoms with Gasteiger partial charge in [-0.1, -0.05) is 11.6 Å². The predicted octanol–water partition coefficient (Wildman–Crippen LogP) is 4.79. The predicted molar refractivity (Wildman–Crippen MR) is 106 cm³/mol. The molecule has 0 aliphatic carbocycles. The highest BCUT2D eigenvalue weighted by molar-refractivity contribution is 7.97. The van der Waals surface area contributed by atoms with Crippen LogP contribution in [0.1, 0.15) is 17.7 Å². The molecule has 0 saturated heterocycles. The summed E-state index contributed by atoms with van der Waals surface area (Å²) in [7, 11) is 1.91. The molecule has 0 fully saturated rings. The lowest BCUT2D eigenvalue weighted by Crippen LogP contribution is -1.97. The second-order valence-corrected chi connectivity index (χ2v) is 8.25. The molecular formula is C18H18ClN3O2S2. The van der Waals surface area contributed by atoms with Crippen molar-refractivity contribution in [2.75, 3.05) is 13.2 Å². The molecule has 0 bridgehead atoms. The molecule has 0 spiro atoms. The number of benzene rings is 1. The minimum Gasteiger partial charge on any atom is -0.489 e. The van der Waals surface area contributed by atoms with Crippen molar-refractivity contribution >= 4 is 34.7 Å². The van der Waals surface area contributed by atoms with Crippen LogP contribution in [0, 0.1) is 0 Å². The van der Waals surface area contributed by atoms with Crippen LogP contribution in [0.25, 0.3) is 10.6 Å². The summed E-state index contributed by atoms with van der Waals surface area (Å²) >= 11 is 9.81. The Morgan fingerprint density at radius 2 is 2.15 bits per heavy atom. The minimum absolute atomic E-state index is 0.618. The summed E-state index contributed by atoms with van der Waals surface area (Å²) in [6.07, 6.45) is 4.70. The molecule has 0 N–H and O–H groups in total. The molecule has 0 saturated carbocycles. The number of halogens is 1. The summed E-state index contributed by atoms with van der Waals surface area (Å²) < 4.78 is 13.2. The Labute approximate surface area is 165 Å². The van der Waals surface area contributed by atoms with Gasteiger partial charge in [0.2, 0.25) is 0 Å². The number of fused-ring (bicyclic) bond motifs is 1. The van der Waals surface area contributed by atoms with E-state index in [1.54, 1.807) is 27.8 Å². The van der Waals surface area contributed by atoms with Crippen molar-refractivity contribution < 1.29 is 9.47 Å². The van der Waals surface area contributed by atoms with Crippen molar-refractivity contribution in [3.8, 4) is 22.1 Å². The Morgan fingerprint density at radius 3 is 3.00 bits per heavy atom. The first-order valence-corrected chi connectivity index (χ1v) is 10.7. The molecule has 136 valence electrons. The van der Waals surface area contributed by atoms with Gasteiger partial charge >= 0.3 is 0 Å². The molecule has 4 rings (SSSR count). The molecule has 3 aromatic rings. The lowest BCUT2D eigenvalue weighted by Gasteiger charge is -2.11. The first-order chi connectivity index (χ1) is 12.7. The topological polar surface area (TPSA) is 49.2 Å². The number of aryl methyl sites for hydroxylation is 1. The van der Waals surface area contributed by atoms with Crippen LogP contribution >= 0.6 is 34.7 Å². The Bertz CT molecular complexity index is 910. The van der Waals surface area contributed by atoms with Gasteiger partial charge < -0.3 is 9.47 Å². The van der Waals surface area contributed by atoms with E-state index in [2.05, 4.69) is 10.5 Å². The van der Waals surface area contributed by atoms with Gasteiger partial charge in [0.05, 0.1) is 30.1 Å². The first-order valence-electron chi connectivity index (χ1n) is 8.28. The van der Waals surface area contributed by atoms with Crippen LogP contribution in [0.5, 0.6) is 11.5 Å². The van der Waals surface area contributed by atoms with Crippen molar-refractivity contribution in [3.05, 3.63) is 46.2 Å². The third kappa shape index (κ3) is 4.00. The highest BCUT2D eigenvalue weighted by Crippen LogP contribution is 2.39. The number of aromatic nitrogens is 3. The second-order valence-electron chi connectivity index (χ2n) is 5.99. The van der Waals surface area contributed by atoms with Gasteiger partial charge in [0.15, 0.2) is 11.5 Å². The molecule has 0 atom stereocenters. The molecule has 1 aromatic carbocycles. The molecular weight excluding hydrogens is 390 g/mol. The number of thioether (sulfide) groups is 1. The number of hydrogen-bond donors (Lipinski definition) is 0. The maximum absolute atomic E-state index is 6.36. The highest BCUT2D eigenvalue weighted by atomic mass is 35.5. The van der Waals surface area contributed by atoms with Crippen LogP contribution in [0.15, 0.2) is 29.9 Å². The largest absolute Gasteiger partial charge is 0.489 e. The normalized spacial score (nSPS) is 13.6. The quantitative estimate of drug-likeness (QED) is 0.608. The Balaban J connectivity index is 1.38. The number of thiazole rings is 1. The third-order valence-electron chi connectivity index (χ3n) is 3.88. The number of hydrogen-bond acceptors (Lipinski definition) is 6. The van der Waals surface area contributed by atoms with Crippen LogP contribution in [0.2, 0.25) is 5.02 Å². The van der Waals surface area contributed by atoms with Gasteiger partial charge in [-0.25, -0.2) is 4.98 Å². The zero-order chi connectivity index (χ0) is 17.9. The molecule has 0 unspecified atom stereocenters. The number of ether oxygens (including phenoxy) is 2. The molecule has 0 radical (unpaired) electrons. The van der Waals surface area contributed by atoms with Gasteiger partial charge in [-0.3, -0.25) is 4.68 Å². The van der Waals surface area contributed by atoms with Gasteiger partial charge in [-0.05, 0) is 17.7 Å². The molecule has 0 amide bonds. The molecule has 2 aromatic heterocycles. The summed E-state index contributed by atoms with van der Waals surface area (Å²) in [4.78, 5) is 4.70. The Kier molecular flexibility index (Phi) is 5.38. The summed E-state index contributed by atoms with van der Waals surface area (Å²) in [5.41, 5.74) is 3.27. The lowest BCUT2D eigenvalue weighted by molar-refractivity contribution is 0.297. The molecule has 3 heterocycles. The van der Waals surface area contributed by atoms with Crippen LogP contribution in [0.3, 0.4) is 0 Å². The maximum Gasteiger partial charge on any atom is 0.179 e. The zero-order valence-corrected chi connectivity index (χ0v) is 16.7. The summed E-state index contributed by atoms with van der Waals surface area (Å²) in [5.74, 6) is 3.11. The average molecular weight is 408 g/mol. The van der Waals surface area contributed by atoms with E-state index < -0.39 is 0 Å². The monoisotopic (exact) mass is 407 g/mol. The van der Waals surface area contributed by atoms with Crippen molar-refractivity contribution in [3.63, 3.8) is 0 Å². The van der Waals surface area contributed by atoms with Crippen LogP contribution in [0.4, 0.5) is 0 Å².